The highest BCUT2D eigenvalue weighted by molar-refractivity contribution is 6.33. The van der Waals surface area contributed by atoms with E-state index in [-0.39, 0.29) is 24.0 Å². The maximum absolute atomic E-state index is 12.8. The molecule has 0 aromatic heterocycles. The van der Waals surface area contributed by atoms with Crippen LogP contribution in [-0.2, 0) is 0 Å². The van der Waals surface area contributed by atoms with E-state index < -0.39 is 0 Å². The minimum Gasteiger partial charge on any atom is -0.393 e. The first-order valence-electron chi connectivity index (χ1n) is 7.92. The lowest BCUT2D eigenvalue weighted by Crippen LogP contribution is -2.45. The van der Waals surface area contributed by atoms with Crippen molar-refractivity contribution in [2.75, 3.05) is 6.54 Å². The summed E-state index contributed by atoms with van der Waals surface area (Å²) >= 11 is 6.16. The molecule has 3 atom stereocenters. The predicted molar refractivity (Wildman–Crippen MR) is 83.5 cm³/mol. The molecule has 3 rings (SSSR count). The zero-order valence-electron chi connectivity index (χ0n) is 12.2. The van der Waals surface area contributed by atoms with E-state index in [1.165, 1.54) is 0 Å². The van der Waals surface area contributed by atoms with Gasteiger partial charge in [0.1, 0.15) is 0 Å². The van der Waals surface area contributed by atoms with E-state index in [1.807, 2.05) is 17.0 Å². The Kier molecular flexibility index (Phi) is 4.51. The van der Waals surface area contributed by atoms with Crippen LogP contribution < -0.4 is 0 Å². The molecule has 4 heteroatoms. The summed E-state index contributed by atoms with van der Waals surface area (Å²) in [5.41, 5.74) is 0.580. The lowest BCUT2D eigenvalue weighted by molar-refractivity contribution is 0.0212. The fourth-order valence-corrected chi connectivity index (χ4v) is 4.08. The number of aliphatic hydroxyl groups is 1. The molecule has 0 spiro atoms. The van der Waals surface area contributed by atoms with Crippen molar-refractivity contribution in [1.82, 2.24) is 4.90 Å². The van der Waals surface area contributed by atoms with Crippen molar-refractivity contribution in [3.8, 4) is 0 Å². The molecule has 1 saturated heterocycles. The summed E-state index contributed by atoms with van der Waals surface area (Å²) in [4.78, 5) is 14.7. The lowest BCUT2D eigenvalue weighted by Gasteiger charge is -2.37. The van der Waals surface area contributed by atoms with Crippen molar-refractivity contribution in [2.24, 2.45) is 5.92 Å². The van der Waals surface area contributed by atoms with Crippen molar-refractivity contribution in [2.45, 2.75) is 50.7 Å². The fourth-order valence-electron chi connectivity index (χ4n) is 3.87. The second-order valence-electron chi connectivity index (χ2n) is 6.20. The Balaban J connectivity index is 1.80. The molecule has 1 aliphatic carbocycles. The van der Waals surface area contributed by atoms with Crippen LogP contribution in [0.4, 0.5) is 0 Å². The topological polar surface area (TPSA) is 40.5 Å². The molecule has 2 fully saturated rings. The van der Waals surface area contributed by atoms with Gasteiger partial charge in [0.2, 0.25) is 0 Å². The van der Waals surface area contributed by atoms with Gasteiger partial charge in [-0.3, -0.25) is 4.79 Å². The Hall–Kier alpha value is -1.06. The van der Waals surface area contributed by atoms with E-state index in [9.17, 15) is 9.90 Å². The number of carbonyl (C=O) groups excluding carboxylic acids is 1. The third-order valence-corrected chi connectivity index (χ3v) is 5.27. The fraction of sp³-hybridized carbons (Fsp3) is 0.588. The van der Waals surface area contributed by atoms with Crippen LogP contribution in [0.5, 0.6) is 0 Å². The number of carbonyl (C=O) groups is 1. The maximum atomic E-state index is 12.8. The van der Waals surface area contributed by atoms with Crippen LogP contribution >= 0.6 is 11.6 Å². The first-order chi connectivity index (χ1) is 10.2. The predicted octanol–water partition coefficient (Wildman–Crippen LogP) is 3.50. The summed E-state index contributed by atoms with van der Waals surface area (Å²) < 4.78 is 0. The molecular formula is C17H22ClNO2. The van der Waals surface area contributed by atoms with Crippen LogP contribution in [-0.4, -0.2) is 34.6 Å². The van der Waals surface area contributed by atoms with E-state index >= 15 is 0 Å². The number of nitrogens with zero attached hydrogens (tertiary/aromatic N) is 1. The Morgan fingerprint density at radius 2 is 1.90 bits per heavy atom. The molecule has 1 saturated carbocycles. The molecule has 3 unspecified atom stereocenters. The maximum Gasteiger partial charge on any atom is 0.255 e. The van der Waals surface area contributed by atoms with Gasteiger partial charge in [-0.05, 0) is 37.8 Å². The van der Waals surface area contributed by atoms with Crippen LogP contribution in [0.1, 0.15) is 48.9 Å². The molecule has 0 bridgehead atoms. The van der Waals surface area contributed by atoms with E-state index in [2.05, 4.69) is 0 Å². The molecule has 1 N–H and O–H groups in total. The van der Waals surface area contributed by atoms with E-state index in [1.54, 1.807) is 12.1 Å². The minimum atomic E-state index is -0.261. The minimum absolute atomic E-state index is 0.0147. The molecule has 21 heavy (non-hydrogen) atoms. The Morgan fingerprint density at radius 1 is 1.14 bits per heavy atom. The van der Waals surface area contributed by atoms with Crippen molar-refractivity contribution in [1.29, 1.82) is 0 Å². The van der Waals surface area contributed by atoms with Crippen LogP contribution in [0.3, 0.4) is 0 Å². The monoisotopic (exact) mass is 307 g/mol. The van der Waals surface area contributed by atoms with Gasteiger partial charge in [0.25, 0.3) is 5.91 Å². The van der Waals surface area contributed by atoms with E-state index in [0.29, 0.717) is 10.6 Å². The normalized spacial score (nSPS) is 29.6. The highest BCUT2D eigenvalue weighted by Gasteiger charge is 2.39. The summed E-state index contributed by atoms with van der Waals surface area (Å²) in [5, 5.41) is 10.8. The number of likely N-dealkylation sites (tertiary alicyclic amines) is 1. The van der Waals surface area contributed by atoms with Crippen molar-refractivity contribution >= 4 is 17.5 Å². The van der Waals surface area contributed by atoms with E-state index in [4.69, 9.17) is 11.6 Å². The van der Waals surface area contributed by atoms with Gasteiger partial charge in [0.15, 0.2) is 0 Å². The molecule has 1 aromatic carbocycles. The first-order valence-corrected chi connectivity index (χ1v) is 8.30. The lowest BCUT2D eigenvalue weighted by atomic mass is 9.80. The zero-order valence-corrected chi connectivity index (χ0v) is 12.9. The number of hydrogen-bond donors (Lipinski definition) is 1. The van der Waals surface area contributed by atoms with Crippen LogP contribution in [0.25, 0.3) is 0 Å². The molecule has 1 amide bonds. The second kappa shape index (κ2) is 6.37. The number of rotatable bonds is 2. The Labute approximate surface area is 130 Å². The third kappa shape index (κ3) is 2.95. The van der Waals surface area contributed by atoms with Gasteiger partial charge < -0.3 is 10.0 Å². The molecular weight excluding hydrogens is 286 g/mol. The van der Waals surface area contributed by atoms with Gasteiger partial charge in [0, 0.05) is 18.5 Å². The quantitative estimate of drug-likeness (QED) is 0.908. The van der Waals surface area contributed by atoms with Crippen molar-refractivity contribution < 1.29 is 9.90 Å². The summed E-state index contributed by atoms with van der Waals surface area (Å²) in [7, 11) is 0. The standard InChI is InChI=1S/C17H22ClNO2/c18-14-8-3-1-6-12(14)17(21)19-11-5-9-15(19)13-7-2-4-10-16(13)20/h1,3,6,8,13,15-16,20H,2,4-5,7,9-11H2. The van der Waals surface area contributed by atoms with Crippen molar-refractivity contribution in [3.63, 3.8) is 0 Å². The number of benzene rings is 1. The smallest absolute Gasteiger partial charge is 0.255 e. The molecule has 1 aromatic rings. The Bertz CT molecular complexity index is 519. The van der Waals surface area contributed by atoms with Gasteiger partial charge >= 0.3 is 0 Å². The van der Waals surface area contributed by atoms with Crippen molar-refractivity contribution in [3.05, 3.63) is 34.9 Å². The molecule has 0 radical (unpaired) electrons. The molecule has 2 aliphatic rings. The third-order valence-electron chi connectivity index (χ3n) is 4.94. The summed E-state index contributed by atoms with van der Waals surface area (Å²) in [6.07, 6.45) is 5.91. The average molecular weight is 308 g/mol. The number of aliphatic hydroxyl groups excluding tert-OH is 1. The first kappa shape index (κ1) is 14.9. The molecule has 1 heterocycles. The van der Waals surface area contributed by atoms with Gasteiger partial charge in [-0.1, -0.05) is 36.6 Å². The molecule has 114 valence electrons. The summed E-state index contributed by atoms with van der Waals surface area (Å²) in [5.74, 6) is 0.244. The largest absolute Gasteiger partial charge is 0.393 e. The van der Waals surface area contributed by atoms with Crippen LogP contribution in [0.15, 0.2) is 24.3 Å². The number of amides is 1. The summed E-state index contributed by atoms with van der Waals surface area (Å²) in [6.45, 7) is 0.776. The number of hydrogen-bond acceptors (Lipinski definition) is 2. The average Bonchev–Trinajstić information content (AvgIpc) is 2.97. The second-order valence-corrected chi connectivity index (χ2v) is 6.61. The molecule has 1 aliphatic heterocycles. The highest BCUT2D eigenvalue weighted by atomic mass is 35.5. The van der Waals surface area contributed by atoms with Crippen LogP contribution in [0.2, 0.25) is 5.02 Å². The van der Waals surface area contributed by atoms with Gasteiger partial charge in [-0.2, -0.15) is 0 Å². The van der Waals surface area contributed by atoms with Gasteiger partial charge in [-0.15, -0.1) is 0 Å². The summed E-state index contributed by atoms with van der Waals surface area (Å²) in [6, 6.07) is 7.40. The highest BCUT2D eigenvalue weighted by Crippen LogP contribution is 2.35. The van der Waals surface area contributed by atoms with Crippen LogP contribution in [0, 0.1) is 5.92 Å². The Morgan fingerprint density at radius 3 is 2.67 bits per heavy atom. The zero-order chi connectivity index (χ0) is 14.8. The van der Waals surface area contributed by atoms with E-state index in [0.717, 1.165) is 45.1 Å². The molecule has 3 nitrogen and oxygen atoms in total. The SMILES string of the molecule is O=C(c1ccccc1Cl)N1CCCC1C1CCCCC1O. The van der Waals surface area contributed by atoms with Gasteiger partial charge in [-0.25, -0.2) is 0 Å². The van der Waals surface area contributed by atoms with Gasteiger partial charge in [0.05, 0.1) is 16.7 Å². The number of halogens is 1.